The minimum absolute atomic E-state index is 0.502. The molecule has 0 radical (unpaired) electrons. The zero-order chi connectivity index (χ0) is 10.8. The van der Waals surface area contributed by atoms with Crippen molar-refractivity contribution in [2.24, 2.45) is 0 Å². The van der Waals surface area contributed by atoms with Crippen molar-refractivity contribution in [3.8, 4) is 5.75 Å². The second kappa shape index (κ2) is 3.90. The van der Waals surface area contributed by atoms with Crippen LogP contribution in [0.2, 0.25) is 0 Å². The summed E-state index contributed by atoms with van der Waals surface area (Å²) in [7, 11) is 1.25. The SMILES string of the molecule is COC(=O)C(O)c1ccc2c(c1)OCC2. The van der Waals surface area contributed by atoms with Gasteiger partial charge in [-0.05, 0) is 17.2 Å². The summed E-state index contributed by atoms with van der Waals surface area (Å²) in [5.74, 6) is 0.0865. The molecule has 80 valence electrons. The molecule has 1 aromatic rings. The summed E-state index contributed by atoms with van der Waals surface area (Å²) in [5, 5.41) is 9.59. The Morgan fingerprint density at radius 2 is 2.40 bits per heavy atom. The first-order valence-corrected chi connectivity index (χ1v) is 4.74. The van der Waals surface area contributed by atoms with E-state index >= 15 is 0 Å². The molecule has 1 heterocycles. The lowest BCUT2D eigenvalue weighted by Crippen LogP contribution is -2.13. The highest BCUT2D eigenvalue weighted by molar-refractivity contribution is 5.76. The normalized spacial score (nSPS) is 15.3. The molecule has 1 atom stereocenters. The maximum atomic E-state index is 11.1. The van der Waals surface area contributed by atoms with Crippen molar-refractivity contribution in [3.63, 3.8) is 0 Å². The van der Waals surface area contributed by atoms with Crippen molar-refractivity contribution < 1.29 is 19.4 Å². The predicted octanol–water partition coefficient (Wildman–Crippen LogP) is 0.828. The number of fused-ring (bicyclic) bond motifs is 1. The van der Waals surface area contributed by atoms with Crippen molar-refractivity contribution in [3.05, 3.63) is 29.3 Å². The fourth-order valence-electron chi connectivity index (χ4n) is 1.60. The zero-order valence-electron chi connectivity index (χ0n) is 8.40. The molecule has 0 bridgehead atoms. The largest absolute Gasteiger partial charge is 0.493 e. The molecule has 0 saturated carbocycles. The van der Waals surface area contributed by atoms with Gasteiger partial charge >= 0.3 is 5.97 Å². The molecule has 0 aliphatic carbocycles. The fourth-order valence-corrected chi connectivity index (χ4v) is 1.60. The topological polar surface area (TPSA) is 55.8 Å². The lowest BCUT2D eigenvalue weighted by Gasteiger charge is -2.09. The minimum atomic E-state index is -1.23. The van der Waals surface area contributed by atoms with Gasteiger partial charge in [0.1, 0.15) is 5.75 Å². The molecule has 1 aromatic carbocycles. The lowest BCUT2D eigenvalue weighted by atomic mass is 10.1. The third-order valence-electron chi connectivity index (χ3n) is 2.46. The van der Waals surface area contributed by atoms with E-state index in [9.17, 15) is 9.90 Å². The summed E-state index contributed by atoms with van der Waals surface area (Å²) in [6.07, 6.45) is -0.353. The number of aliphatic hydroxyl groups is 1. The van der Waals surface area contributed by atoms with Crippen LogP contribution in [0, 0.1) is 0 Å². The van der Waals surface area contributed by atoms with Gasteiger partial charge in [-0.25, -0.2) is 4.79 Å². The molecule has 15 heavy (non-hydrogen) atoms. The van der Waals surface area contributed by atoms with E-state index in [1.54, 1.807) is 12.1 Å². The number of carbonyl (C=O) groups is 1. The molecule has 4 nitrogen and oxygen atoms in total. The van der Waals surface area contributed by atoms with Gasteiger partial charge in [-0.2, -0.15) is 0 Å². The molecule has 4 heteroatoms. The minimum Gasteiger partial charge on any atom is -0.493 e. The van der Waals surface area contributed by atoms with Crippen molar-refractivity contribution in [2.45, 2.75) is 12.5 Å². The van der Waals surface area contributed by atoms with Crippen molar-refractivity contribution in [2.75, 3.05) is 13.7 Å². The summed E-state index contributed by atoms with van der Waals surface area (Å²) in [6.45, 7) is 0.660. The first-order chi connectivity index (χ1) is 7.22. The quantitative estimate of drug-likeness (QED) is 0.731. The van der Waals surface area contributed by atoms with Gasteiger partial charge < -0.3 is 14.6 Å². The molecule has 0 amide bonds. The number of carbonyl (C=O) groups excluding carboxylic acids is 1. The van der Waals surface area contributed by atoms with Gasteiger partial charge in [0.25, 0.3) is 0 Å². The Labute approximate surface area is 87.4 Å². The van der Waals surface area contributed by atoms with Crippen LogP contribution in [0.1, 0.15) is 17.2 Å². The average molecular weight is 208 g/mol. The van der Waals surface area contributed by atoms with Gasteiger partial charge in [0, 0.05) is 6.42 Å². The first-order valence-electron chi connectivity index (χ1n) is 4.74. The van der Waals surface area contributed by atoms with Crippen molar-refractivity contribution in [1.82, 2.24) is 0 Å². The molecular weight excluding hydrogens is 196 g/mol. The van der Waals surface area contributed by atoms with Crippen LogP contribution in [0.4, 0.5) is 0 Å². The van der Waals surface area contributed by atoms with E-state index in [-0.39, 0.29) is 0 Å². The number of hydrogen-bond acceptors (Lipinski definition) is 4. The molecule has 0 aromatic heterocycles. The number of rotatable bonds is 2. The summed E-state index contributed by atoms with van der Waals surface area (Å²) >= 11 is 0. The number of hydrogen-bond donors (Lipinski definition) is 1. The number of benzene rings is 1. The third kappa shape index (κ3) is 1.80. The Bertz CT molecular complexity index is 386. The summed E-state index contributed by atoms with van der Waals surface area (Å²) in [4.78, 5) is 11.1. The first kappa shape index (κ1) is 9.98. The van der Waals surface area contributed by atoms with Gasteiger partial charge in [0.2, 0.25) is 0 Å². The Morgan fingerprint density at radius 1 is 1.60 bits per heavy atom. The van der Waals surface area contributed by atoms with Gasteiger partial charge in [-0.3, -0.25) is 0 Å². The van der Waals surface area contributed by atoms with Crippen molar-refractivity contribution in [1.29, 1.82) is 0 Å². The fraction of sp³-hybridized carbons (Fsp3) is 0.364. The second-order valence-electron chi connectivity index (χ2n) is 3.39. The number of methoxy groups -OCH3 is 1. The second-order valence-corrected chi connectivity index (χ2v) is 3.39. The van der Waals surface area contributed by atoms with Crippen LogP contribution in [0.15, 0.2) is 18.2 Å². The number of esters is 1. The van der Waals surface area contributed by atoms with Gasteiger partial charge in [-0.1, -0.05) is 12.1 Å². The molecule has 0 spiro atoms. The highest BCUT2D eigenvalue weighted by Crippen LogP contribution is 2.28. The monoisotopic (exact) mass is 208 g/mol. The zero-order valence-corrected chi connectivity index (χ0v) is 8.40. The van der Waals surface area contributed by atoms with Crippen LogP contribution < -0.4 is 4.74 Å². The molecule has 0 fully saturated rings. The van der Waals surface area contributed by atoms with E-state index in [0.717, 1.165) is 17.7 Å². The van der Waals surface area contributed by atoms with E-state index in [4.69, 9.17) is 4.74 Å². The molecule has 0 saturated heterocycles. The maximum absolute atomic E-state index is 11.1. The summed E-state index contributed by atoms with van der Waals surface area (Å²) in [5.41, 5.74) is 1.61. The molecule has 1 unspecified atom stereocenters. The summed E-state index contributed by atoms with van der Waals surface area (Å²) < 4.78 is 9.80. The van der Waals surface area contributed by atoms with Crippen LogP contribution in [-0.2, 0) is 16.0 Å². The highest BCUT2D eigenvalue weighted by Gasteiger charge is 2.20. The summed E-state index contributed by atoms with van der Waals surface area (Å²) in [6, 6.07) is 5.27. The van der Waals surface area contributed by atoms with Crippen LogP contribution >= 0.6 is 0 Å². The molecular formula is C11H12O4. The van der Waals surface area contributed by atoms with E-state index < -0.39 is 12.1 Å². The molecule has 1 aliphatic rings. The lowest BCUT2D eigenvalue weighted by molar-refractivity contribution is -0.150. The van der Waals surface area contributed by atoms with Crippen LogP contribution in [0.5, 0.6) is 5.75 Å². The smallest absolute Gasteiger partial charge is 0.339 e. The number of ether oxygens (including phenoxy) is 2. The predicted molar refractivity (Wildman–Crippen MR) is 52.6 cm³/mol. The van der Waals surface area contributed by atoms with Gasteiger partial charge in [-0.15, -0.1) is 0 Å². The average Bonchev–Trinajstić information content (AvgIpc) is 2.73. The Hall–Kier alpha value is -1.55. The van der Waals surface area contributed by atoms with E-state index in [1.807, 2.05) is 6.07 Å². The molecule has 1 N–H and O–H groups in total. The van der Waals surface area contributed by atoms with Gasteiger partial charge in [0.05, 0.1) is 13.7 Å². The number of aliphatic hydroxyl groups excluding tert-OH is 1. The highest BCUT2D eigenvalue weighted by atomic mass is 16.5. The van der Waals surface area contributed by atoms with Gasteiger partial charge in [0.15, 0.2) is 6.10 Å². The Balaban J connectivity index is 2.26. The van der Waals surface area contributed by atoms with Crippen LogP contribution in [-0.4, -0.2) is 24.8 Å². The van der Waals surface area contributed by atoms with Crippen LogP contribution in [0.3, 0.4) is 0 Å². The van der Waals surface area contributed by atoms with E-state index in [1.165, 1.54) is 7.11 Å². The van der Waals surface area contributed by atoms with E-state index in [0.29, 0.717) is 12.2 Å². The standard InChI is InChI=1S/C11H12O4/c1-14-11(13)10(12)8-3-2-7-4-5-15-9(7)6-8/h2-3,6,10,12H,4-5H2,1H3. The third-order valence-corrected chi connectivity index (χ3v) is 2.46. The van der Waals surface area contributed by atoms with Crippen molar-refractivity contribution >= 4 is 5.97 Å². The Morgan fingerprint density at radius 3 is 3.13 bits per heavy atom. The van der Waals surface area contributed by atoms with E-state index in [2.05, 4.69) is 4.74 Å². The Kier molecular flexibility index (Phi) is 2.60. The maximum Gasteiger partial charge on any atom is 0.339 e. The van der Waals surface area contributed by atoms with Crippen LogP contribution in [0.25, 0.3) is 0 Å². The molecule has 1 aliphatic heterocycles. The molecule has 2 rings (SSSR count).